The Morgan fingerprint density at radius 1 is 0.810 bits per heavy atom. The predicted octanol–water partition coefficient (Wildman–Crippen LogP) is 5.44. The third-order valence-electron chi connectivity index (χ3n) is 3.76. The number of carbonyl (C=O) groups excluding carboxylic acids is 1. The molecule has 0 amide bonds. The van der Waals surface area contributed by atoms with Gasteiger partial charge in [0.15, 0.2) is 0 Å². The maximum Gasteiger partial charge on any atom is 0.132 e. The van der Waals surface area contributed by atoms with Crippen molar-refractivity contribution in [1.29, 1.82) is 0 Å². The van der Waals surface area contributed by atoms with Crippen LogP contribution in [0.15, 0.2) is 54.6 Å². The average Bonchev–Trinajstić information content (AvgIpc) is 2.53. The molecule has 1 nitrogen and oxygen atoms in total. The van der Waals surface area contributed by atoms with Crippen LogP contribution < -0.4 is 0 Å². The number of hydrogen-bond acceptors (Lipinski definition) is 1. The molecule has 0 atom stereocenters. The topological polar surface area (TPSA) is 17.1 Å². The molecule has 2 aromatic rings. The smallest absolute Gasteiger partial charge is 0.132 e. The molecule has 0 heterocycles. The summed E-state index contributed by atoms with van der Waals surface area (Å²) in [5, 5.41) is 0. The molecule has 0 spiro atoms. The lowest BCUT2D eigenvalue weighted by atomic mass is 10.0. The van der Waals surface area contributed by atoms with Crippen LogP contribution in [0.3, 0.4) is 0 Å². The zero-order valence-electron chi connectivity index (χ0n) is 12.8. The van der Waals surface area contributed by atoms with Gasteiger partial charge in [0.1, 0.15) is 5.78 Å². The van der Waals surface area contributed by atoms with Gasteiger partial charge in [0, 0.05) is 12.8 Å². The van der Waals surface area contributed by atoms with Crippen LogP contribution in [0.2, 0.25) is 0 Å². The minimum absolute atomic E-state index is 0.414. The van der Waals surface area contributed by atoms with Crippen LogP contribution in [0.4, 0.5) is 0 Å². The van der Waals surface area contributed by atoms with Gasteiger partial charge in [-0.3, -0.25) is 4.79 Å². The van der Waals surface area contributed by atoms with Gasteiger partial charge in [-0.05, 0) is 42.4 Å². The van der Waals surface area contributed by atoms with Crippen molar-refractivity contribution < 1.29 is 4.79 Å². The standard InChI is InChI=1S/C20H24O/c1-2-8-20(21)12-7-6-9-17-13-15-19(16-14-17)18-10-4-3-5-11-18/h3-5,10-11,13-16H,2,6-9,12H2,1H3. The third-order valence-corrected chi connectivity index (χ3v) is 3.76. The molecule has 21 heavy (non-hydrogen) atoms. The zero-order chi connectivity index (χ0) is 14.9. The van der Waals surface area contributed by atoms with Gasteiger partial charge in [-0.2, -0.15) is 0 Å². The molecule has 0 radical (unpaired) electrons. The summed E-state index contributed by atoms with van der Waals surface area (Å²) < 4.78 is 0. The Morgan fingerprint density at radius 2 is 1.48 bits per heavy atom. The van der Waals surface area contributed by atoms with Crippen LogP contribution >= 0.6 is 0 Å². The van der Waals surface area contributed by atoms with Gasteiger partial charge in [0.2, 0.25) is 0 Å². The average molecular weight is 280 g/mol. The summed E-state index contributed by atoms with van der Waals surface area (Å²) >= 11 is 0. The number of hydrogen-bond donors (Lipinski definition) is 0. The fraction of sp³-hybridized carbons (Fsp3) is 0.350. The minimum atomic E-state index is 0.414. The highest BCUT2D eigenvalue weighted by Crippen LogP contribution is 2.20. The van der Waals surface area contributed by atoms with E-state index in [1.54, 1.807) is 0 Å². The minimum Gasteiger partial charge on any atom is -0.300 e. The first-order valence-corrected chi connectivity index (χ1v) is 7.95. The Morgan fingerprint density at radius 3 is 2.14 bits per heavy atom. The predicted molar refractivity (Wildman–Crippen MR) is 89.3 cm³/mol. The molecule has 0 aliphatic heterocycles. The molecule has 0 fully saturated rings. The molecule has 0 saturated carbocycles. The van der Waals surface area contributed by atoms with Crippen molar-refractivity contribution in [3.05, 3.63) is 60.2 Å². The number of carbonyl (C=O) groups is 1. The van der Waals surface area contributed by atoms with E-state index < -0.39 is 0 Å². The fourth-order valence-electron chi connectivity index (χ4n) is 2.55. The Kier molecular flexibility index (Phi) is 6.21. The number of aryl methyl sites for hydroxylation is 1. The summed E-state index contributed by atoms with van der Waals surface area (Å²) in [6, 6.07) is 19.2. The molecule has 2 aromatic carbocycles. The van der Waals surface area contributed by atoms with Crippen molar-refractivity contribution in [1.82, 2.24) is 0 Å². The van der Waals surface area contributed by atoms with Gasteiger partial charge in [-0.1, -0.05) is 61.5 Å². The van der Waals surface area contributed by atoms with Crippen LogP contribution in [-0.4, -0.2) is 5.78 Å². The third kappa shape index (κ3) is 5.18. The van der Waals surface area contributed by atoms with Gasteiger partial charge in [0.25, 0.3) is 0 Å². The van der Waals surface area contributed by atoms with Crippen molar-refractivity contribution in [2.24, 2.45) is 0 Å². The summed E-state index contributed by atoms with van der Waals surface area (Å²) in [6.45, 7) is 2.06. The second-order valence-corrected chi connectivity index (χ2v) is 5.56. The van der Waals surface area contributed by atoms with Crippen LogP contribution in [0.1, 0.15) is 44.6 Å². The Bertz CT molecular complexity index is 540. The maximum atomic E-state index is 11.5. The summed E-state index contributed by atoms with van der Waals surface area (Å²) in [5.74, 6) is 0.414. The lowest BCUT2D eigenvalue weighted by molar-refractivity contribution is -0.119. The van der Waals surface area contributed by atoms with Crippen LogP contribution in [-0.2, 0) is 11.2 Å². The summed E-state index contributed by atoms with van der Waals surface area (Å²) in [7, 11) is 0. The van der Waals surface area contributed by atoms with Gasteiger partial charge in [-0.15, -0.1) is 0 Å². The monoisotopic (exact) mass is 280 g/mol. The van der Waals surface area contributed by atoms with Crippen molar-refractivity contribution in [3.63, 3.8) is 0 Å². The summed E-state index contributed by atoms with van der Waals surface area (Å²) in [6.07, 6.45) is 5.63. The van der Waals surface area contributed by atoms with E-state index in [-0.39, 0.29) is 0 Å². The lowest BCUT2D eigenvalue weighted by Crippen LogP contribution is -1.97. The number of rotatable bonds is 8. The second kappa shape index (κ2) is 8.41. The van der Waals surface area contributed by atoms with E-state index in [0.717, 1.165) is 38.5 Å². The van der Waals surface area contributed by atoms with E-state index in [0.29, 0.717) is 5.78 Å². The SMILES string of the molecule is CCCC(=O)CCCCc1ccc(-c2ccccc2)cc1. The van der Waals surface area contributed by atoms with Crippen LogP contribution in [0, 0.1) is 0 Å². The first-order valence-electron chi connectivity index (χ1n) is 7.95. The largest absolute Gasteiger partial charge is 0.300 e. The molecule has 0 aromatic heterocycles. The number of Topliss-reactive ketones (excluding diaryl/α,β-unsaturated/α-hetero) is 1. The number of benzene rings is 2. The van der Waals surface area contributed by atoms with Crippen molar-refractivity contribution in [3.8, 4) is 11.1 Å². The molecule has 2 rings (SSSR count). The van der Waals surface area contributed by atoms with E-state index in [4.69, 9.17) is 0 Å². The molecule has 0 bridgehead atoms. The summed E-state index contributed by atoms with van der Waals surface area (Å²) in [4.78, 5) is 11.5. The molecule has 1 heteroatoms. The van der Waals surface area contributed by atoms with E-state index in [2.05, 4.69) is 55.5 Å². The van der Waals surface area contributed by atoms with Crippen molar-refractivity contribution >= 4 is 5.78 Å². The van der Waals surface area contributed by atoms with E-state index in [1.165, 1.54) is 16.7 Å². The normalized spacial score (nSPS) is 10.5. The lowest BCUT2D eigenvalue weighted by Gasteiger charge is -2.05. The fourth-order valence-corrected chi connectivity index (χ4v) is 2.55. The quantitative estimate of drug-likeness (QED) is 0.589. The number of unbranched alkanes of at least 4 members (excludes halogenated alkanes) is 1. The molecule has 110 valence electrons. The zero-order valence-corrected chi connectivity index (χ0v) is 12.8. The van der Waals surface area contributed by atoms with Gasteiger partial charge in [-0.25, -0.2) is 0 Å². The van der Waals surface area contributed by atoms with E-state index in [9.17, 15) is 4.79 Å². The van der Waals surface area contributed by atoms with Gasteiger partial charge >= 0.3 is 0 Å². The molecule has 0 N–H and O–H groups in total. The van der Waals surface area contributed by atoms with Gasteiger partial charge in [0.05, 0.1) is 0 Å². The maximum absolute atomic E-state index is 11.5. The Balaban J connectivity index is 1.79. The highest BCUT2D eigenvalue weighted by atomic mass is 16.1. The molecule has 0 aliphatic carbocycles. The number of ketones is 1. The van der Waals surface area contributed by atoms with Gasteiger partial charge < -0.3 is 0 Å². The molecular weight excluding hydrogens is 256 g/mol. The second-order valence-electron chi connectivity index (χ2n) is 5.56. The van der Waals surface area contributed by atoms with Crippen LogP contribution in [0.5, 0.6) is 0 Å². The molecule has 0 unspecified atom stereocenters. The van der Waals surface area contributed by atoms with Crippen molar-refractivity contribution in [2.75, 3.05) is 0 Å². The Hall–Kier alpha value is -1.89. The molecule has 0 aliphatic rings. The molecule has 0 saturated heterocycles. The first kappa shape index (κ1) is 15.5. The van der Waals surface area contributed by atoms with Crippen LogP contribution in [0.25, 0.3) is 11.1 Å². The highest BCUT2D eigenvalue weighted by molar-refractivity contribution is 5.78. The molecular formula is C20H24O. The Labute approximate surface area is 128 Å². The van der Waals surface area contributed by atoms with Crippen molar-refractivity contribution in [2.45, 2.75) is 45.4 Å². The van der Waals surface area contributed by atoms with E-state index in [1.807, 2.05) is 6.07 Å². The summed E-state index contributed by atoms with van der Waals surface area (Å²) in [5.41, 5.74) is 3.88. The first-order chi connectivity index (χ1) is 10.3. The highest BCUT2D eigenvalue weighted by Gasteiger charge is 2.01. The van der Waals surface area contributed by atoms with E-state index >= 15 is 0 Å².